The molecule has 0 amide bonds. The average molecular weight is 219 g/mol. The minimum absolute atomic E-state index is 0.878. The highest BCUT2D eigenvalue weighted by atomic mass is 16.3. The van der Waals surface area contributed by atoms with Gasteiger partial charge in [0, 0.05) is 22.2 Å². The average Bonchev–Trinajstić information content (AvgIpc) is 2.73. The lowest BCUT2D eigenvalue weighted by molar-refractivity contribution is 0.604. The van der Waals surface area contributed by atoms with Gasteiger partial charge in [0.2, 0.25) is 0 Å². The molecule has 17 heavy (non-hydrogen) atoms. The summed E-state index contributed by atoms with van der Waals surface area (Å²) in [6.45, 7) is 0. The van der Waals surface area contributed by atoms with Gasteiger partial charge in [0.15, 0.2) is 0 Å². The van der Waals surface area contributed by atoms with Gasteiger partial charge in [0.05, 0.1) is 17.3 Å². The molecule has 0 aliphatic carbocycles. The molecule has 0 spiro atoms. The molecule has 0 bridgehead atoms. The summed E-state index contributed by atoms with van der Waals surface area (Å²) >= 11 is 0. The summed E-state index contributed by atoms with van der Waals surface area (Å²) in [5, 5.41) is 3.50. The van der Waals surface area contributed by atoms with Crippen molar-refractivity contribution in [1.29, 1.82) is 0 Å². The van der Waals surface area contributed by atoms with Crippen molar-refractivity contribution in [2.24, 2.45) is 0 Å². The number of aromatic nitrogens is 1. The van der Waals surface area contributed by atoms with E-state index in [1.54, 1.807) is 6.26 Å². The van der Waals surface area contributed by atoms with Crippen LogP contribution in [0.15, 0.2) is 59.2 Å². The van der Waals surface area contributed by atoms with E-state index in [0.717, 1.165) is 22.0 Å². The maximum atomic E-state index is 5.48. The normalized spacial score (nSPS) is 11.5. The van der Waals surface area contributed by atoms with Gasteiger partial charge >= 0.3 is 0 Å². The number of benzene rings is 2. The largest absolute Gasteiger partial charge is 0.464 e. The minimum atomic E-state index is 0.878. The standard InChI is InChI=1S/C15H9NO/c1-2-6-13-11(5-1)12-8-10-4-3-7-17-15(10)9-14(12)16-13/h1-9H. The second kappa shape index (κ2) is 3.08. The van der Waals surface area contributed by atoms with Crippen LogP contribution >= 0.6 is 0 Å². The van der Waals surface area contributed by atoms with Crippen molar-refractivity contribution in [1.82, 2.24) is 4.98 Å². The Morgan fingerprint density at radius 3 is 2.76 bits per heavy atom. The van der Waals surface area contributed by atoms with E-state index in [0.29, 0.717) is 0 Å². The Kier molecular flexibility index (Phi) is 1.59. The number of para-hydroxylation sites is 1. The molecule has 2 aromatic carbocycles. The second-order valence-electron chi connectivity index (χ2n) is 4.15. The summed E-state index contributed by atoms with van der Waals surface area (Å²) in [5.41, 5.74) is 2.91. The zero-order valence-corrected chi connectivity index (χ0v) is 9.05. The molecule has 0 saturated carbocycles. The van der Waals surface area contributed by atoms with E-state index in [4.69, 9.17) is 4.42 Å². The quantitative estimate of drug-likeness (QED) is 0.444. The first-order valence-corrected chi connectivity index (χ1v) is 5.57. The van der Waals surface area contributed by atoms with Crippen LogP contribution in [0.25, 0.3) is 32.8 Å². The third kappa shape index (κ3) is 1.18. The van der Waals surface area contributed by atoms with Crippen LogP contribution in [0.5, 0.6) is 0 Å². The summed E-state index contributed by atoms with van der Waals surface area (Å²) in [6, 6.07) is 16.3. The zero-order valence-electron chi connectivity index (χ0n) is 9.05. The first-order valence-electron chi connectivity index (χ1n) is 5.57. The Morgan fingerprint density at radius 1 is 0.824 bits per heavy atom. The minimum Gasteiger partial charge on any atom is -0.464 e. The van der Waals surface area contributed by atoms with Crippen LogP contribution in [0.2, 0.25) is 0 Å². The van der Waals surface area contributed by atoms with Crippen molar-refractivity contribution in [2.45, 2.75) is 0 Å². The van der Waals surface area contributed by atoms with Crippen molar-refractivity contribution in [3.05, 3.63) is 54.8 Å². The summed E-state index contributed by atoms with van der Waals surface area (Å²) in [6.07, 6.45) is 1.69. The van der Waals surface area contributed by atoms with Crippen LogP contribution in [0.3, 0.4) is 0 Å². The monoisotopic (exact) mass is 219 g/mol. The van der Waals surface area contributed by atoms with Gasteiger partial charge < -0.3 is 4.42 Å². The summed E-state index contributed by atoms with van der Waals surface area (Å²) in [5.74, 6) is 0. The smallest absolute Gasteiger partial charge is 0.135 e. The molecule has 2 heteroatoms. The molecule has 0 N–H and O–H groups in total. The molecule has 0 fully saturated rings. The van der Waals surface area contributed by atoms with E-state index >= 15 is 0 Å². The summed E-state index contributed by atoms with van der Waals surface area (Å²) < 4.78 is 5.48. The highest BCUT2D eigenvalue weighted by Gasteiger charge is 2.06. The van der Waals surface area contributed by atoms with Crippen LogP contribution in [0.1, 0.15) is 0 Å². The van der Waals surface area contributed by atoms with Crippen molar-refractivity contribution in [2.75, 3.05) is 0 Å². The van der Waals surface area contributed by atoms with Gasteiger partial charge in [-0.2, -0.15) is 0 Å². The van der Waals surface area contributed by atoms with Crippen molar-refractivity contribution < 1.29 is 4.42 Å². The van der Waals surface area contributed by atoms with Gasteiger partial charge in [-0.15, -0.1) is 0 Å². The van der Waals surface area contributed by atoms with Gasteiger partial charge in [-0.25, -0.2) is 4.98 Å². The maximum Gasteiger partial charge on any atom is 0.135 e. The van der Waals surface area contributed by atoms with E-state index in [1.165, 1.54) is 10.8 Å². The van der Waals surface area contributed by atoms with Crippen LogP contribution in [0, 0.1) is 0 Å². The Hall–Kier alpha value is -2.35. The van der Waals surface area contributed by atoms with Crippen molar-refractivity contribution >= 4 is 32.8 Å². The molecule has 2 nitrogen and oxygen atoms in total. The van der Waals surface area contributed by atoms with Gasteiger partial charge in [0.25, 0.3) is 0 Å². The van der Waals surface area contributed by atoms with Gasteiger partial charge in [-0.3, -0.25) is 0 Å². The fraction of sp³-hybridized carbons (Fsp3) is 0. The van der Waals surface area contributed by atoms with Crippen LogP contribution in [0.4, 0.5) is 0 Å². The first-order chi connectivity index (χ1) is 8.42. The highest BCUT2D eigenvalue weighted by Crippen LogP contribution is 2.28. The molecule has 4 aromatic rings. The Morgan fingerprint density at radius 2 is 1.76 bits per heavy atom. The van der Waals surface area contributed by atoms with Crippen LogP contribution in [-0.4, -0.2) is 4.98 Å². The van der Waals surface area contributed by atoms with E-state index in [1.807, 2.05) is 30.3 Å². The van der Waals surface area contributed by atoms with Crippen LogP contribution < -0.4 is 0 Å². The molecule has 4 rings (SSSR count). The van der Waals surface area contributed by atoms with Crippen molar-refractivity contribution in [3.8, 4) is 0 Å². The number of fused-ring (bicyclic) bond motifs is 4. The van der Waals surface area contributed by atoms with E-state index in [2.05, 4.69) is 23.2 Å². The molecule has 0 aliphatic heterocycles. The Labute approximate surface area is 97.5 Å². The van der Waals surface area contributed by atoms with Crippen molar-refractivity contribution in [3.63, 3.8) is 0 Å². The first kappa shape index (κ1) is 8.76. The molecule has 0 saturated heterocycles. The molecule has 0 atom stereocenters. The topological polar surface area (TPSA) is 26.0 Å². The molecule has 0 radical (unpaired) electrons. The highest BCUT2D eigenvalue weighted by molar-refractivity contribution is 6.11. The molecule has 0 unspecified atom stereocenters. The predicted molar refractivity (Wildman–Crippen MR) is 69.0 cm³/mol. The van der Waals surface area contributed by atoms with E-state index in [9.17, 15) is 0 Å². The Bertz CT molecular complexity index is 839. The molecule has 2 aromatic heterocycles. The summed E-state index contributed by atoms with van der Waals surface area (Å²) in [7, 11) is 0. The zero-order chi connectivity index (χ0) is 11.2. The lowest BCUT2D eigenvalue weighted by atomic mass is 10.1. The van der Waals surface area contributed by atoms with E-state index in [-0.39, 0.29) is 0 Å². The molecule has 2 heterocycles. The maximum absolute atomic E-state index is 5.48. The molecule has 80 valence electrons. The molecule has 0 aliphatic rings. The molecular formula is C15H9NO. The SMILES string of the molecule is c1coc2cc3nc4ccccc4c3cc2c1. The Balaban J connectivity index is 2.28. The lowest BCUT2D eigenvalue weighted by Gasteiger charge is -1.96. The third-order valence-electron chi connectivity index (χ3n) is 3.11. The lowest BCUT2D eigenvalue weighted by Crippen LogP contribution is -1.72. The fourth-order valence-electron chi connectivity index (χ4n) is 2.31. The van der Waals surface area contributed by atoms with Crippen LogP contribution in [-0.2, 0) is 0 Å². The van der Waals surface area contributed by atoms with Gasteiger partial charge in [-0.05, 0) is 24.3 Å². The fourth-order valence-corrected chi connectivity index (χ4v) is 2.31. The van der Waals surface area contributed by atoms with Gasteiger partial charge in [0.1, 0.15) is 5.58 Å². The predicted octanol–water partition coefficient (Wildman–Crippen LogP) is 4.13. The second-order valence-corrected chi connectivity index (χ2v) is 4.15. The number of nitrogens with zero attached hydrogens (tertiary/aromatic N) is 1. The number of hydrogen-bond acceptors (Lipinski definition) is 2. The third-order valence-corrected chi connectivity index (χ3v) is 3.11. The molecular weight excluding hydrogens is 210 g/mol. The van der Waals surface area contributed by atoms with Gasteiger partial charge in [-0.1, -0.05) is 18.2 Å². The number of rotatable bonds is 0. The number of hydrogen-bond donors (Lipinski definition) is 0. The van der Waals surface area contributed by atoms with E-state index < -0.39 is 0 Å². The summed E-state index contributed by atoms with van der Waals surface area (Å²) in [4.78, 5) is 4.61.